The summed E-state index contributed by atoms with van der Waals surface area (Å²) in [6.45, 7) is 2.56. The molecule has 0 atom stereocenters. The fourth-order valence-electron chi connectivity index (χ4n) is 3.35. The lowest BCUT2D eigenvalue weighted by atomic mass is 10.0. The van der Waals surface area contributed by atoms with Gasteiger partial charge in [-0.2, -0.15) is 0 Å². The molecule has 0 aliphatic rings. The number of amides is 1. The zero-order valence-corrected chi connectivity index (χ0v) is 18.0. The smallest absolute Gasteiger partial charge is 0.328 e. The summed E-state index contributed by atoms with van der Waals surface area (Å²) in [6.07, 6.45) is 7.54. The van der Waals surface area contributed by atoms with Gasteiger partial charge in [0.15, 0.2) is 0 Å². The number of rotatable bonds is 11. The largest absolute Gasteiger partial charge is 0.478 e. The van der Waals surface area contributed by atoms with Gasteiger partial charge >= 0.3 is 5.97 Å². The van der Waals surface area contributed by atoms with Crippen molar-refractivity contribution in [3.63, 3.8) is 0 Å². The molecular formula is C25H29F2NO3. The SMILES string of the molecule is CCCCCCCC(=O)N(C)Cc1cccc(-c2cc(F)c(C=CC(=O)O)c(F)c2)c1. The summed E-state index contributed by atoms with van der Waals surface area (Å²) in [4.78, 5) is 24.6. The van der Waals surface area contributed by atoms with Crippen LogP contribution in [0.2, 0.25) is 0 Å². The molecule has 0 heterocycles. The van der Waals surface area contributed by atoms with E-state index in [1.165, 1.54) is 25.0 Å². The Morgan fingerprint density at radius 2 is 1.68 bits per heavy atom. The van der Waals surface area contributed by atoms with Crippen molar-refractivity contribution >= 4 is 18.0 Å². The molecule has 0 aliphatic heterocycles. The maximum Gasteiger partial charge on any atom is 0.328 e. The molecule has 166 valence electrons. The Hall–Kier alpha value is -3.02. The standard InChI is InChI=1S/C25H29F2NO3/c1-3-4-5-6-7-11-24(29)28(2)17-18-9-8-10-19(14-18)20-15-22(26)21(23(27)16-20)12-13-25(30)31/h8-10,12-16H,3-7,11,17H2,1-2H3,(H,30,31). The minimum absolute atomic E-state index is 0.0774. The molecule has 0 saturated heterocycles. The van der Waals surface area contributed by atoms with E-state index in [0.717, 1.165) is 30.9 Å². The van der Waals surface area contributed by atoms with Gasteiger partial charge in [0.05, 0.1) is 0 Å². The number of carboxylic acid groups (broad SMARTS) is 1. The second kappa shape index (κ2) is 12.0. The number of nitrogens with zero attached hydrogens (tertiary/aromatic N) is 1. The van der Waals surface area contributed by atoms with E-state index in [1.807, 2.05) is 6.07 Å². The van der Waals surface area contributed by atoms with Crippen molar-refractivity contribution < 1.29 is 23.5 Å². The second-order valence-corrected chi connectivity index (χ2v) is 7.64. The Kier molecular flexibility index (Phi) is 9.38. The molecule has 0 unspecified atom stereocenters. The fraction of sp³-hybridized carbons (Fsp3) is 0.360. The normalized spacial score (nSPS) is 11.1. The van der Waals surface area contributed by atoms with E-state index >= 15 is 0 Å². The molecule has 2 aromatic carbocycles. The third kappa shape index (κ3) is 7.63. The van der Waals surface area contributed by atoms with Gasteiger partial charge in [0.1, 0.15) is 11.6 Å². The molecule has 6 heteroatoms. The fourth-order valence-corrected chi connectivity index (χ4v) is 3.35. The van der Waals surface area contributed by atoms with Gasteiger partial charge < -0.3 is 10.0 Å². The lowest BCUT2D eigenvalue weighted by molar-refractivity contribution is -0.131. The quantitative estimate of drug-likeness (QED) is 0.349. The van der Waals surface area contributed by atoms with E-state index < -0.39 is 23.2 Å². The van der Waals surface area contributed by atoms with Gasteiger partial charge in [0.25, 0.3) is 0 Å². The van der Waals surface area contributed by atoms with E-state index in [4.69, 9.17) is 5.11 Å². The number of carbonyl (C=O) groups is 2. The number of aliphatic carboxylic acids is 1. The lowest BCUT2D eigenvalue weighted by Gasteiger charge is -2.18. The third-order valence-corrected chi connectivity index (χ3v) is 5.07. The maximum atomic E-state index is 14.3. The predicted molar refractivity (Wildman–Crippen MR) is 118 cm³/mol. The summed E-state index contributed by atoms with van der Waals surface area (Å²) < 4.78 is 28.6. The minimum Gasteiger partial charge on any atom is -0.478 e. The van der Waals surface area contributed by atoms with Crippen molar-refractivity contribution in [2.75, 3.05) is 7.05 Å². The first-order valence-corrected chi connectivity index (χ1v) is 10.5. The van der Waals surface area contributed by atoms with Crippen LogP contribution in [-0.2, 0) is 16.1 Å². The Morgan fingerprint density at radius 1 is 1.00 bits per heavy atom. The first-order valence-electron chi connectivity index (χ1n) is 10.5. The van der Waals surface area contributed by atoms with E-state index in [2.05, 4.69) is 6.92 Å². The second-order valence-electron chi connectivity index (χ2n) is 7.64. The van der Waals surface area contributed by atoms with E-state index in [0.29, 0.717) is 30.2 Å². The molecule has 4 nitrogen and oxygen atoms in total. The molecule has 0 spiro atoms. The molecule has 0 aliphatic carbocycles. The van der Waals surface area contributed by atoms with Gasteiger partial charge in [-0.05, 0) is 47.4 Å². The summed E-state index contributed by atoms with van der Waals surface area (Å²) in [6, 6.07) is 9.53. The van der Waals surface area contributed by atoms with Gasteiger partial charge in [0.2, 0.25) is 5.91 Å². The summed E-state index contributed by atoms with van der Waals surface area (Å²) >= 11 is 0. The van der Waals surface area contributed by atoms with E-state index in [-0.39, 0.29) is 5.91 Å². The van der Waals surface area contributed by atoms with Crippen molar-refractivity contribution in [1.29, 1.82) is 0 Å². The van der Waals surface area contributed by atoms with Crippen molar-refractivity contribution in [2.45, 2.75) is 52.0 Å². The molecule has 0 bridgehead atoms. The van der Waals surface area contributed by atoms with Gasteiger partial charge in [-0.1, -0.05) is 50.8 Å². The summed E-state index contributed by atoms with van der Waals surface area (Å²) in [5.74, 6) is -2.88. The zero-order valence-electron chi connectivity index (χ0n) is 18.0. The molecule has 1 amide bonds. The van der Waals surface area contributed by atoms with Crippen LogP contribution in [0.4, 0.5) is 8.78 Å². The van der Waals surface area contributed by atoms with Crippen molar-refractivity contribution in [3.8, 4) is 11.1 Å². The van der Waals surface area contributed by atoms with Crippen LogP contribution in [0.5, 0.6) is 0 Å². The van der Waals surface area contributed by atoms with E-state index in [9.17, 15) is 18.4 Å². The first-order chi connectivity index (χ1) is 14.8. The van der Waals surface area contributed by atoms with Crippen LogP contribution in [0.25, 0.3) is 17.2 Å². The number of unbranched alkanes of at least 4 members (excludes halogenated alkanes) is 4. The molecule has 2 aromatic rings. The summed E-state index contributed by atoms with van der Waals surface area (Å²) in [5.41, 5.74) is 1.42. The molecule has 0 fully saturated rings. The van der Waals surface area contributed by atoms with Crippen molar-refractivity contribution in [2.24, 2.45) is 0 Å². The summed E-state index contributed by atoms with van der Waals surface area (Å²) in [7, 11) is 1.75. The third-order valence-electron chi connectivity index (χ3n) is 5.07. The topological polar surface area (TPSA) is 57.6 Å². The van der Waals surface area contributed by atoms with Crippen molar-refractivity contribution in [3.05, 3.63) is 65.2 Å². The molecule has 31 heavy (non-hydrogen) atoms. The minimum atomic E-state index is -1.28. The highest BCUT2D eigenvalue weighted by Crippen LogP contribution is 2.26. The number of halogens is 2. The molecule has 1 N–H and O–H groups in total. The van der Waals surface area contributed by atoms with Gasteiger partial charge in [-0.3, -0.25) is 4.79 Å². The van der Waals surface area contributed by atoms with E-state index in [1.54, 1.807) is 30.1 Å². The maximum absolute atomic E-state index is 14.3. The van der Waals surface area contributed by atoms with Crippen LogP contribution < -0.4 is 0 Å². The molecule has 2 rings (SSSR count). The highest BCUT2D eigenvalue weighted by Gasteiger charge is 2.13. The Bertz CT molecular complexity index is 917. The van der Waals surface area contributed by atoms with Crippen LogP contribution >= 0.6 is 0 Å². The molecular weight excluding hydrogens is 400 g/mol. The van der Waals surface area contributed by atoms with Gasteiger partial charge in [0, 0.05) is 31.7 Å². The number of benzene rings is 2. The van der Waals surface area contributed by atoms with Crippen LogP contribution in [0, 0.1) is 11.6 Å². The van der Waals surface area contributed by atoms with Crippen LogP contribution in [0.3, 0.4) is 0 Å². The van der Waals surface area contributed by atoms with Crippen LogP contribution in [0.15, 0.2) is 42.5 Å². The number of hydrogen-bond donors (Lipinski definition) is 1. The first kappa shape index (κ1) is 24.3. The number of carboxylic acids is 1. The number of carbonyl (C=O) groups excluding carboxylic acids is 1. The monoisotopic (exact) mass is 429 g/mol. The van der Waals surface area contributed by atoms with Gasteiger partial charge in [-0.15, -0.1) is 0 Å². The Balaban J connectivity index is 2.08. The van der Waals surface area contributed by atoms with Crippen LogP contribution in [-0.4, -0.2) is 28.9 Å². The lowest BCUT2D eigenvalue weighted by Crippen LogP contribution is -2.25. The Labute approximate surface area is 182 Å². The molecule has 0 aromatic heterocycles. The highest BCUT2D eigenvalue weighted by molar-refractivity contribution is 5.85. The Morgan fingerprint density at radius 3 is 2.32 bits per heavy atom. The zero-order chi connectivity index (χ0) is 22.8. The highest BCUT2D eigenvalue weighted by atomic mass is 19.1. The molecule has 0 radical (unpaired) electrons. The van der Waals surface area contributed by atoms with Gasteiger partial charge in [-0.25, -0.2) is 13.6 Å². The number of hydrogen-bond acceptors (Lipinski definition) is 2. The van der Waals surface area contributed by atoms with Crippen molar-refractivity contribution in [1.82, 2.24) is 4.90 Å². The predicted octanol–water partition coefficient (Wildman–Crippen LogP) is 6.05. The molecule has 0 saturated carbocycles. The average Bonchev–Trinajstić information content (AvgIpc) is 2.72. The average molecular weight is 430 g/mol. The van der Waals surface area contributed by atoms with Crippen LogP contribution in [0.1, 0.15) is 56.6 Å². The summed E-state index contributed by atoms with van der Waals surface area (Å²) in [5, 5.41) is 8.65.